The van der Waals surface area contributed by atoms with Gasteiger partial charge in [-0.3, -0.25) is 4.79 Å². The van der Waals surface area contributed by atoms with Gasteiger partial charge in [0, 0.05) is 6.42 Å². The van der Waals surface area contributed by atoms with Gasteiger partial charge in [-0.2, -0.15) is 0 Å². The third-order valence-corrected chi connectivity index (χ3v) is 16.7. The van der Waals surface area contributed by atoms with Crippen LogP contribution in [0.3, 0.4) is 0 Å². The van der Waals surface area contributed by atoms with Crippen LogP contribution in [0.1, 0.15) is 348 Å². The van der Waals surface area contributed by atoms with Crippen molar-refractivity contribution in [1.29, 1.82) is 0 Å². The molecule has 1 fully saturated rings. The molecule has 1 rings (SSSR count). The number of ether oxygens (including phenoxy) is 2. The monoisotopic (exact) mass is 1120 g/mol. The van der Waals surface area contributed by atoms with Crippen LogP contribution in [0.15, 0.2) is 36.5 Å². The van der Waals surface area contributed by atoms with Crippen molar-refractivity contribution in [2.75, 3.05) is 13.2 Å². The van der Waals surface area contributed by atoms with Crippen LogP contribution in [0, 0.1) is 0 Å². The fraction of sp³-hybridized carbons (Fsp3) is 0.900. The zero-order valence-electron chi connectivity index (χ0n) is 52.2. The number of aliphatic hydroxyl groups excluding tert-OH is 5. The predicted molar refractivity (Wildman–Crippen MR) is 337 cm³/mol. The maximum atomic E-state index is 13.1. The van der Waals surface area contributed by atoms with Gasteiger partial charge in [0.1, 0.15) is 24.4 Å². The molecular formula is C70H133NO8. The molecule has 9 heteroatoms. The van der Waals surface area contributed by atoms with E-state index in [1.54, 1.807) is 6.08 Å². The number of allylic oxidation sites excluding steroid dienone is 5. The molecule has 0 aromatic heterocycles. The van der Waals surface area contributed by atoms with Gasteiger partial charge in [-0.15, -0.1) is 0 Å². The van der Waals surface area contributed by atoms with Crippen LogP contribution in [-0.2, 0) is 14.3 Å². The molecule has 6 N–H and O–H groups in total. The average Bonchev–Trinajstić information content (AvgIpc) is 3.47. The highest BCUT2D eigenvalue weighted by Gasteiger charge is 2.44. The molecule has 466 valence electrons. The molecular weight excluding hydrogens is 983 g/mol. The molecule has 1 aliphatic heterocycles. The maximum absolute atomic E-state index is 13.1. The molecule has 0 spiro atoms. The topological polar surface area (TPSA) is 149 Å². The van der Waals surface area contributed by atoms with E-state index >= 15 is 0 Å². The molecule has 0 bridgehead atoms. The number of amides is 1. The molecule has 79 heavy (non-hydrogen) atoms. The summed E-state index contributed by atoms with van der Waals surface area (Å²) in [6.45, 7) is 3.81. The predicted octanol–water partition coefficient (Wildman–Crippen LogP) is 18.6. The Kier molecular flexibility index (Phi) is 56.9. The van der Waals surface area contributed by atoms with E-state index in [1.165, 1.54) is 283 Å². The summed E-state index contributed by atoms with van der Waals surface area (Å²) in [5.41, 5.74) is 0. The van der Waals surface area contributed by atoms with Crippen molar-refractivity contribution in [2.45, 2.75) is 391 Å². The number of carbonyl (C=O) groups excluding carboxylic acids is 1. The minimum absolute atomic E-state index is 0.184. The summed E-state index contributed by atoms with van der Waals surface area (Å²) in [6.07, 6.45) is 72.6. The van der Waals surface area contributed by atoms with Crippen molar-refractivity contribution in [3.05, 3.63) is 36.5 Å². The lowest BCUT2D eigenvalue weighted by Gasteiger charge is -2.40. The average molecular weight is 1120 g/mol. The van der Waals surface area contributed by atoms with E-state index < -0.39 is 49.5 Å². The highest BCUT2D eigenvalue weighted by molar-refractivity contribution is 5.76. The van der Waals surface area contributed by atoms with Crippen molar-refractivity contribution >= 4 is 5.91 Å². The molecule has 1 saturated heterocycles. The fourth-order valence-electron chi connectivity index (χ4n) is 11.3. The summed E-state index contributed by atoms with van der Waals surface area (Å²) in [5, 5.41) is 54.7. The first-order valence-electron chi connectivity index (χ1n) is 34.7. The van der Waals surface area contributed by atoms with Crippen LogP contribution in [-0.4, -0.2) is 87.5 Å². The normalized spacial score (nSPS) is 18.7. The second-order valence-corrected chi connectivity index (χ2v) is 24.3. The van der Waals surface area contributed by atoms with Gasteiger partial charge in [-0.1, -0.05) is 333 Å². The van der Waals surface area contributed by atoms with Gasteiger partial charge in [0.15, 0.2) is 6.29 Å². The van der Waals surface area contributed by atoms with Gasteiger partial charge in [-0.25, -0.2) is 0 Å². The van der Waals surface area contributed by atoms with Crippen LogP contribution in [0.25, 0.3) is 0 Å². The second kappa shape index (κ2) is 59.6. The summed E-state index contributed by atoms with van der Waals surface area (Å²) in [7, 11) is 0. The van der Waals surface area contributed by atoms with Gasteiger partial charge in [-0.05, 0) is 44.9 Å². The number of carbonyl (C=O) groups is 1. The lowest BCUT2D eigenvalue weighted by Crippen LogP contribution is -2.60. The highest BCUT2D eigenvalue weighted by atomic mass is 16.7. The Labute approximate surface area is 489 Å². The minimum atomic E-state index is -1.57. The van der Waals surface area contributed by atoms with E-state index in [4.69, 9.17) is 9.47 Å². The van der Waals surface area contributed by atoms with E-state index in [9.17, 15) is 30.3 Å². The fourth-order valence-corrected chi connectivity index (χ4v) is 11.3. The van der Waals surface area contributed by atoms with E-state index in [0.29, 0.717) is 6.42 Å². The van der Waals surface area contributed by atoms with Crippen LogP contribution >= 0.6 is 0 Å². The van der Waals surface area contributed by atoms with E-state index in [2.05, 4.69) is 43.5 Å². The van der Waals surface area contributed by atoms with Crippen molar-refractivity contribution in [3.8, 4) is 0 Å². The molecule has 1 aliphatic rings. The SMILES string of the molecule is CCCCCCCCCCCCCCCCCCCCCCCCC/C=C/CC/C=C/CC/C=C/C(O)C(COC1OC(CO)C(O)C(O)C1O)NC(=O)CCCCCCCCCCCCCCCCCCCCCCCCC. The minimum Gasteiger partial charge on any atom is -0.394 e. The molecule has 7 atom stereocenters. The maximum Gasteiger partial charge on any atom is 0.220 e. The number of unbranched alkanes of at least 4 members (excludes halogenated alkanes) is 47. The standard InChI is InChI=1S/C70H133NO8/c1-3-5-7-9-11-13-15-17-19-21-23-25-27-28-29-30-31-32-33-34-35-36-38-39-41-43-45-47-49-51-53-55-57-59-64(73)63(62-78-70-69(77)68(76)67(75)65(61-72)79-70)71-66(74)60-58-56-54-52-50-48-46-44-42-40-37-26-24-22-20-18-16-14-12-10-8-6-4-2/h41,43,49,51,57,59,63-65,67-70,72-73,75-77H,3-40,42,44-48,50,52-56,58,60-62H2,1-2H3,(H,71,74)/b43-41+,51-49+,59-57+. The summed E-state index contributed by atoms with van der Waals surface area (Å²) >= 11 is 0. The van der Waals surface area contributed by atoms with E-state index in [-0.39, 0.29) is 12.5 Å². The summed E-state index contributed by atoms with van der Waals surface area (Å²) in [5.74, 6) is -0.184. The highest BCUT2D eigenvalue weighted by Crippen LogP contribution is 2.23. The lowest BCUT2D eigenvalue weighted by atomic mass is 9.99. The second-order valence-electron chi connectivity index (χ2n) is 24.3. The largest absolute Gasteiger partial charge is 0.394 e. The van der Waals surface area contributed by atoms with Gasteiger partial charge in [0.25, 0.3) is 0 Å². The Morgan fingerprint density at radius 3 is 1.06 bits per heavy atom. The Morgan fingerprint density at radius 2 is 0.722 bits per heavy atom. The number of rotatable bonds is 61. The van der Waals surface area contributed by atoms with Gasteiger partial charge in [0.2, 0.25) is 5.91 Å². The van der Waals surface area contributed by atoms with Gasteiger partial charge in [0.05, 0.1) is 25.4 Å². The van der Waals surface area contributed by atoms with Crippen molar-refractivity contribution in [2.24, 2.45) is 0 Å². The van der Waals surface area contributed by atoms with E-state index in [0.717, 1.165) is 44.9 Å². The van der Waals surface area contributed by atoms with Gasteiger partial charge < -0.3 is 40.3 Å². The Balaban J connectivity index is 2.16. The van der Waals surface area contributed by atoms with Crippen LogP contribution in [0.5, 0.6) is 0 Å². The van der Waals surface area contributed by atoms with Crippen molar-refractivity contribution < 1.29 is 39.8 Å². The molecule has 0 aromatic rings. The van der Waals surface area contributed by atoms with Crippen LogP contribution in [0.2, 0.25) is 0 Å². The Hall–Kier alpha value is -1.59. The summed E-state index contributed by atoms with van der Waals surface area (Å²) in [4.78, 5) is 13.1. The molecule has 0 aromatic carbocycles. The lowest BCUT2D eigenvalue weighted by molar-refractivity contribution is -0.302. The molecule has 0 radical (unpaired) electrons. The first-order chi connectivity index (χ1) is 38.8. The molecule has 1 amide bonds. The number of hydrogen-bond donors (Lipinski definition) is 6. The summed E-state index contributed by atoms with van der Waals surface area (Å²) in [6, 6.07) is -0.827. The first-order valence-corrected chi connectivity index (χ1v) is 34.7. The van der Waals surface area contributed by atoms with Crippen molar-refractivity contribution in [1.82, 2.24) is 5.32 Å². The third kappa shape index (κ3) is 48.5. The Bertz CT molecular complexity index is 1340. The number of hydrogen-bond acceptors (Lipinski definition) is 8. The molecule has 0 aliphatic carbocycles. The summed E-state index contributed by atoms with van der Waals surface area (Å²) < 4.78 is 11.3. The third-order valence-electron chi connectivity index (χ3n) is 16.7. The molecule has 0 saturated carbocycles. The molecule has 1 heterocycles. The quantitative estimate of drug-likeness (QED) is 0.0261. The van der Waals surface area contributed by atoms with Crippen LogP contribution < -0.4 is 5.32 Å². The zero-order chi connectivity index (χ0) is 57.2. The van der Waals surface area contributed by atoms with Gasteiger partial charge >= 0.3 is 0 Å². The van der Waals surface area contributed by atoms with Crippen LogP contribution in [0.4, 0.5) is 0 Å². The zero-order valence-corrected chi connectivity index (χ0v) is 52.2. The molecule has 9 nitrogen and oxygen atoms in total. The Morgan fingerprint density at radius 1 is 0.418 bits per heavy atom. The smallest absolute Gasteiger partial charge is 0.220 e. The first kappa shape index (κ1) is 75.4. The number of nitrogens with one attached hydrogen (secondary N) is 1. The number of aliphatic hydroxyl groups is 5. The molecule has 7 unspecified atom stereocenters. The van der Waals surface area contributed by atoms with Crippen molar-refractivity contribution in [3.63, 3.8) is 0 Å². The van der Waals surface area contributed by atoms with E-state index in [1.807, 2.05) is 6.08 Å².